The Morgan fingerprint density at radius 1 is 1.38 bits per heavy atom. The molecular formula is C13H13ClN2O4S. The van der Waals surface area contributed by atoms with E-state index < -0.39 is 5.97 Å². The number of halogens is 1. The van der Waals surface area contributed by atoms with Gasteiger partial charge in [-0.15, -0.1) is 11.3 Å². The van der Waals surface area contributed by atoms with Crippen molar-refractivity contribution in [3.63, 3.8) is 0 Å². The zero-order chi connectivity index (χ0) is 15.4. The van der Waals surface area contributed by atoms with Crippen LogP contribution in [0.25, 0.3) is 0 Å². The molecule has 0 saturated heterocycles. The molecule has 2 aromatic rings. The molecule has 0 unspecified atom stereocenters. The van der Waals surface area contributed by atoms with Crippen LogP contribution in [0.2, 0.25) is 5.02 Å². The molecule has 6 nitrogen and oxygen atoms in total. The molecule has 0 aliphatic rings. The number of nitrogens with zero attached hydrogens (tertiary/aromatic N) is 1. The van der Waals surface area contributed by atoms with Gasteiger partial charge in [0.1, 0.15) is 11.5 Å². The van der Waals surface area contributed by atoms with Crippen molar-refractivity contribution in [1.82, 2.24) is 4.98 Å². The molecule has 2 rings (SSSR count). The van der Waals surface area contributed by atoms with Gasteiger partial charge in [0.15, 0.2) is 5.13 Å². The first-order valence-electron chi connectivity index (χ1n) is 5.88. The molecule has 8 heteroatoms. The Balaban J connectivity index is 2.25. The van der Waals surface area contributed by atoms with Crippen LogP contribution in [0.4, 0.5) is 10.8 Å². The molecule has 1 aromatic carbocycles. The molecule has 1 aromatic heterocycles. The van der Waals surface area contributed by atoms with Crippen LogP contribution in [-0.2, 0) is 11.2 Å². The number of anilines is 2. The van der Waals surface area contributed by atoms with Crippen molar-refractivity contribution >= 4 is 39.7 Å². The van der Waals surface area contributed by atoms with E-state index in [2.05, 4.69) is 10.3 Å². The summed E-state index contributed by atoms with van der Waals surface area (Å²) in [5.74, 6) is 0.121. The summed E-state index contributed by atoms with van der Waals surface area (Å²) in [6, 6.07) is 3.33. The lowest BCUT2D eigenvalue weighted by Gasteiger charge is -2.12. The highest BCUT2D eigenvalue weighted by atomic mass is 35.5. The van der Waals surface area contributed by atoms with Crippen LogP contribution in [0.3, 0.4) is 0 Å². The van der Waals surface area contributed by atoms with Gasteiger partial charge in [-0.3, -0.25) is 4.79 Å². The van der Waals surface area contributed by atoms with E-state index in [0.717, 1.165) is 0 Å². The minimum atomic E-state index is -0.919. The molecule has 0 radical (unpaired) electrons. The van der Waals surface area contributed by atoms with E-state index in [1.807, 2.05) is 0 Å². The number of benzene rings is 1. The predicted molar refractivity (Wildman–Crippen MR) is 81.3 cm³/mol. The largest absolute Gasteiger partial charge is 0.495 e. The minimum Gasteiger partial charge on any atom is -0.495 e. The second-order valence-electron chi connectivity index (χ2n) is 4.03. The van der Waals surface area contributed by atoms with Crippen molar-refractivity contribution in [2.24, 2.45) is 0 Å². The first kappa shape index (κ1) is 15.4. The Morgan fingerprint density at radius 3 is 2.71 bits per heavy atom. The number of aliphatic carboxylic acids is 1. The smallest absolute Gasteiger partial charge is 0.309 e. The normalized spacial score (nSPS) is 10.2. The van der Waals surface area contributed by atoms with Crippen LogP contribution in [0, 0.1) is 0 Å². The van der Waals surface area contributed by atoms with Crippen molar-refractivity contribution in [3.05, 3.63) is 28.2 Å². The van der Waals surface area contributed by atoms with Gasteiger partial charge < -0.3 is 19.9 Å². The van der Waals surface area contributed by atoms with E-state index in [4.69, 9.17) is 26.2 Å². The van der Waals surface area contributed by atoms with Crippen LogP contribution >= 0.6 is 22.9 Å². The maximum Gasteiger partial charge on any atom is 0.309 e. The van der Waals surface area contributed by atoms with Gasteiger partial charge in [-0.1, -0.05) is 11.6 Å². The highest BCUT2D eigenvalue weighted by Gasteiger charge is 2.12. The average molecular weight is 329 g/mol. The molecule has 0 spiro atoms. The van der Waals surface area contributed by atoms with E-state index >= 15 is 0 Å². The zero-order valence-corrected chi connectivity index (χ0v) is 12.9. The van der Waals surface area contributed by atoms with Crippen LogP contribution in [0.1, 0.15) is 5.69 Å². The monoisotopic (exact) mass is 328 g/mol. The summed E-state index contributed by atoms with van der Waals surface area (Å²) in [5, 5.41) is 14.5. The summed E-state index contributed by atoms with van der Waals surface area (Å²) in [6.07, 6.45) is -0.112. The summed E-state index contributed by atoms with van der Waals surface area (Å²) in [6.45, 7) is 0. The van der Waals surface area contributed by atoms with Crippen molar-refractivity contribution in [3.8, 4) is 11.5 Å². The van der Waals surface area contributed by atoms with Crippen LogP contribution < -0.4 is 14.8 Å². The third kappa shape index (κ3) is 3.77. The number of carboxylic acids is 1. The van der Waals surface area contributed by atoms with E-state index in [1.54, 1.807) is 17.5 Å². The molecule has 0 aliphatic carbocycles. The van der Waals surface area contributed by atoms with Crippen molar-refractivity contribution < 1.29 is 19.4 Å². The summed E-state index contributed by atoms with van der Waals surface area (Å²) in [4.78, 5) is 14.8. The third-order valence-corrected chi connectivity index (χ3v) is 3.70. The van der Waals surface area contributed by atoms with Gasteiger partial charge in [-0.05, 0) is 0 Å². The number of hydrogen-bond acceptors (Lipinski definition) is 6. The summed E-state index contributed by atoms with van der Waals surface area (Å²) in [5.41, 5.74) is 1.13. The number of nitrogens with one attached hydrogen (secondary N) is 1. The van der Waals surface area contributed by atoms with Gasteiger partial charge in [0.05, 0.1) is 37.0 Å². The van der Waals surface area contributed by atoms with Gasteiger partial charge >= 0.3 is 5.97 Å². The topological polar surface area (TPSA) is 80.7 Å². The molecule has 0 atom stereocenters. The zero-order valence-electron chi connectivity index (χ0n) is 11.3. The maximum absolute atomic E-state index is 10.7. The number of methoxy groups -OCH3 is 2. The number of carboxylic acid groups (broad SMARTS) is 1. The van der Waals surface area contributed by atoms with Crippen molar-refractivity contribution in [2.45, 2.75) is 6.42 Å². The van der Waals surface area contributed by atoms with Gasteiger partial charge in [-0.25, -0.2) is 4.98 Å². The quantitative estimate of drug-likeness (QED) is 0.847. The molecule has 0 fully saturated rings. The van der Waals surface area contributed by atoms with Gasteiger partial charge in [0.25, 0.3) is 0 Å². The molecular weight excluding hydrogens is 316 g/mol. The fraction of sp³-hybridized carbons (Fsp3) is 0.231. The number of aromatic nitrogens is 1. The number of rotatable bonds is 6. The van der Waals surface area contributed by atoms with E-state index in [9.17, 15) is 4.79 Å². The molecule has 21 heavy (non-hydrogen) atoms. The molecule has 0 bridgehead atoms. The van der Waals surface area contributed by atoms with E-state index in [0.29, 0.717) is 33.0 Å². The Labute approximate surface area is 130 Å². The number of hydrogen-bond donors (Lipinski definition) is 2. The van der Waals surface area contributed by atoms with E-state index in [-0.39, 0.29) is 6.42 Å². The van der Waals surface area contributed by atoms with Crippen molar-refractivity contribution in [1.29, 1.82) is 0 Å². The average Bonchev–Trinajstić information content (AvgIpc) is 2.86. The van der Waals surface area contributed by atoms with Crippen molar-refractivity contribution in [2.75, 3.05) is 19.5 Å². The Bertz CT molecular complexity index is 660. The molecule has 0 saturated carbocycles. The standard InChI is InChI=1S/C13H13ClN2O4S/c1-19-10-5-9(11(20-2)4-8(10)14)16-13-15-7(6-21-13)3-12(17)18/h4-6H,3H2,1-2H3,(H,15,16)(H,17,18). The maximum atomic E-state index is 10.7. The fourth-order valence-electron chi connectivity index (χ4n) is 1.67. The van der Waals surface area contributed by atoms with Gasteiger partial charge in [0, 0.05) is 17.5 Å². The van der Waals surface area contributed by atoms with Gasteiger partial charge in [-0.2, -0.15) is 0 Å². The third-order valence-electron chi connectivity index (χ3n) is 2.60. The number of ether oxygens (including phenoxy) is 2. The molecule has 0 amide bonds. The first-order chi connectivity index (χ1) is 10.0. The SMILES string of the molecule is COc1cc(Nc2nc(CC(=O)O)cs2)c(OC)cc1Cl. The predicted octanol–water partition coefficient (Wildman–Crippen LogP) is 3.18. The Kier molecular flexibility index (Phi) is 4.87. The van der Waals surface area contributed by atoms with Crippen LogP contribution in [-0.4, -0.2) is 30.3 Å². The molecule has 0 aliphatic heterocycles. The van der Waals surface area contributed by atoms with Crippen LogP contribution in [0.15, 0.2) is 17.5 Å². The minimum absolute atomic E-state index is 0.112. The lowest BCUT2D eigenvalue weighted by atomic mass is 10.2. The number of thiazole rings is 1. The molecule has 2 N–H and O–H groups in total. The Morgan fingerprint density at radius 2 is 2.10 bits per heavy atom. The fourth-order valence-corrected chi connectivity index (χ4v) is 2.63. The highest BCUT2D eigenvalue weighted by Crippen LogP contribution is 2.37. The van der Waals surface area contributed by atoms with E-state index in [1.165, 1.54) is 25.6 Å². The molecule has 1 heterocycles. The lowest BCUT2D eigenvalue weighted by molar-refractivity contribution is -0.136. The Hall–Kier alpha value is -1.99. The summed E-state index contributed by atoms with van der Waals surface area (Å²) < 4.78 is 10.4. The number of carbonyl (C=O) groups is 1. The molecule has 112 valence electrons. The summed E-state index contributed by atoms with van der Waals surface area (Å²) >= 11 is 7.34. The van der Waals surface area contributed by atoms with Gasteiger partial charge in [0.2, 0.25) is 0 Å². The highest BCUT2D eigenvalue weighted by molar-refractivity contribution is 7.13. The first-order valence-corrected chi connectivity index (χ1v) is 7.14. The second-order valence-corrected chi connectivity index (χ2v) is 5.29. The summed E-state index contributed by atoms with van der Waals surface area (Å²) in [7, 11) is 3.05. The van der Waals surface area contributed by atoms with Crippen LogP contribution in [0.5, 0.6) is 11.5 Å². The lowest BCUT2D eigenvalue weighted by Crippen LogP contribution is -2.01. The second kappa shape index (κ2) is 6.64.